The summed E-state index contributed by atoms with van der Waals surface area (Å²) in [5.74, 6) is 2.00. The lowest BCUT2D eigenvalue weighted by Gasteiger charge is -2.22. The number of fused-ring (bicyclic) bond motifs is 1. The van der Waals surface area contributed by atoms with Crippen molar-refractivity contribution in [3.63, 3.8) is 0 Å². The van der Waals surface area contributed by atoms with E-state index in [-0.39, 0.29) is 5.91 Å². The average Bonchev–Trinajstić information content (AvgIpc) is 3.54. The molecule has 1 amide bonds. The van der Waals surface area contributed by atoms with Crippen LogP contribution in [0.3, 0.4) is 0 Å². The summed E-state index contributed by atoms with van der Waals surface area (Å²) in [4.78, 5) is 22.9. The molecular formula is C29H36N4O3S. The number of amides is 1. The predicted molar refractivity (Wildman–Crippen MR) is 150 cm³/mol. The fraction of sp³-hybridized carbons (Fsp3) is 0.379. The first-order valence-electron chi connectivity index (χ1n) is 12.7. The Kier molecular flexibility index (Phi) is 9.19. The summed E-state index contributed by atoms with van der Waals surface area (Å²) in [6.45, 7) is 7.11. The standard InChI is InChI=1S/C29H36N4O3S/c1-20(2)11-13-30-29(34)26-19-37-28(32-26)18-33(17-22-9-10-23(35-3)15-27(22)36-4)14-12-21-16-31-25-8-6-5-7-24(21)25/h5-10,15-16,19-20,31H,11-14,17-18H2,1-4H3,(H,30,34). The van der Waals surface area contributed by atoms with E-state index in [1.807, 2.05) is 29.6 Å². The van der Waals surface area contributed by atoms with Gasteiger partial charge in [0.2, 0.25) is 0 Å². The first-order valence-corrected chi connectivity index (χ1v) is 13.6. The van der Waals surface area contributed by atoms with E-state index in [0.717, 1.165) is 47.0 Å². The van der Waals surface area contributed by atoms with Gasteiger partial charge in [-0.05, 0) is 36.5 Å². The average molecular weight is 521 g/mol. The Hall–Kier alpha value is -3.36. The number of benzene rings is 2. The number of aromatic amines is 1. The monoisotopic (exact) mass is 520 g/mol. The van der Waals surface area contributed by atoms with Crippen molar-refractivity contribution in [2.75, 3.05) is 27.3 Å². The second-order valence-corrected chi connectivity index (χ2v) is 10.5. The van der Waals surface area contributed by atoms with E-state index < -0.39 is 0 Å². The number of thiazole rings is 1. The van der Waals surface area contributed by atoms with Crippen molar-refractivity contribution in [1.82, 2.24) is 20.2 Å². The van der Waals surface area contributed by atoms with Crippen molar-refractivity contribution in [1.29, 1.82) is 0 Å². The van der Waals surface area contributed by atoms with Crippen LogP contribution in [0, 0.1) is 5.92 Å². The maximum atomic E-state index is 12.6. The lowest BCUT2D eigenvalue weighted by Crippen LogP contribution is -2.27. The van der Waals surface area contributed by atoms with Gasteiger partial charge in [0.05, 0.1) is 20.8 Å². The maximum absolute atomic E-state index is 12.6. The van der Waals surface area contributed by atoms with Crippen LogP contribution in [-0.4, -0.2) is 48.1 Å². The highest BCUT2D eigenvalue weighted by Gasteiger charge is 2.17. The maximum Gasteiger partial charge on any atom is 0.270 e. The highest BCUT2D eigenvalue weighted by molar-refractivity contribution is 7.09. The number of para-hydroxylation sites is 1. The molecule has 0 saturated heterocycles. The number of hydrogen-bond acceptors (Lipinski definition) is 6. The second-order valence-electron chi connectivity index (χ2n) is 9.56. The smallest absolute Gasteiger partial charge is 0.270 e. The zero-order valence-electron chi connectivity index (χ0n) is 22.0. The van der Waals surface area contributed by atoms with Crippen LogP contribution in [0.1, 0.15) is 46.9 Å². The lowest BCUT2D eigenvalue weighted by atomic mass is 10.1. The molecule has 196 valence electrons. The molecule has 7 nitrogen and oxygen atoms in total. The Bertz CT molecular complexity index is 1310. The fourth-order valence-corrected chi connectivity index (χ4v) is 5.11. The summed E-state index contributed by atoms with van der Waals surface area (Å²) in [5.41, 5.74) is 3.99. The summed E-state index contributed by atoms with van der Waals surface area (Å²) in [6.07, 6.45) is 3.93. The highest BCUT2D eigenvalue weighted by atomic mass is 32.1. The molecule has 0 aliphatic carbocycles. The lowest BCUT2D eigenvalue weighted by molar-refractivity contribution is 0.0947. The predicted octanol–water partition coefficient (Wildman–Crippen LogP) is 5.66. The molecule has 0 aliphatic heterocycles. The molecule has 4 aromatic rings. The summed E-state index contributed by atoms with van der Waals surface area (Å²) in [5, 5.41) is 7.00. The van der Waals surface area contributed by atoms with Crippen LogP contribution in [-0.2, 0) is 19.5 Å². The summed E-state index contributed by atoms with van der Waals surface area (Å²) in [6, 6.07) is 14.3. The molecule has 0 fully saturated rings. The molecule has 8 heteroatoms. The van der Waals surface area contributed by atoms with E-state index in [1.54, 1.807) is 14.2 Å². The number of methoxy groups -OCH3 is 2. The van der Waals surface area contributed by atoms with Crippen LogP contribution < -0.4 is 14.8 Å². The summed E-state index contributed by atoms with van der Waals surface area (Å²) in [7, 11) is 3.33. The van der Waals surface area contributed by atoms with Crippen molar-refractivity contribution >= 4 is 28.1 Å². The highest BCUT2D eigenvalue weighted by Crippen LogP contribution is 2.27. The number of H-pyrrole nitrogens is 1. The fourth-order valence-electron chi connectivity index (χ4n) is 4.30. The van der Waals surface area contributed by atoms with Gasteiger partial charge >= 0.3 is 0 Å². The van der Waals surface area contributed by atoms with Gasteiger partial charge < -0.3 is 19.8 Å². The van der Waals surface area contributed by atoms with E-state index >= 15 is 0 Å². The van der Waals surface area contributed by atoms with Crippen LogP contribution in [0.25, 0.3) is 10.9 Å². The van der Waals surface area contributed by atoms with Gasteiger partial charge in [0.25, 0.3) is 5.91 Å². The van der Waals surface area contributed by atoms with Crippen molar-refractivity contribution in [3.05, 3.63) is 75.9 Å². The van der Waals surface area contributed by atoms with E-state index in [0.29, 0.717) is 31.2 Å². The quantitative estimate of drug-likeness (QED) is 0.238. The second kappa shape index (κ2) is 12.7. The number of nitrogens with zero attached hydrogens (tertiary/aromatic N) is 2. The molecule has 0 bridgehead atoms. The third kappa shape index (κ3) is 7.11. The molecule has 0 atom stereocenters. The van der Waals surface area contributed by atoms with E-state index in [9.17, 15) is 4.79 Å². The Labute approximate surface area is 222 Å². The van der Waals surface area contributed by atoms with Gasteiger partial charge in [-0.1, -0.05) is 38.1 Å². The first kappa shape index (κ1) is 26.7. The van der Waals surface area contributed by atoms with Gasteiger partial charge in [-0.15, -0.1) is 11.3 Å². The van der Waals surface area contributed by atoms with E-state index in [4.69, 9.17) is 9.47 Å². The molecular weight excluding hydrogens is 484 g/mol. The Morgan fingerprint density at radius 2 is 1.95 bits per heavy atom. The molecule has 2 N–H and O–H groups in total. The largest absolute Gasteiger partial charge is 0.497 e. The minimum Gasteiger partial charge on any atom is -0.497 e. The van der Waals surface area contributed by atoms with Crippen LogP contribution in [0.4, 0.5) is 0 Å². The summed E-state index contributed by atoms with van der Waals surface area (Å²) < 4.78 is 11.0. The molecule has 0 unspecified atom stereocenters. The number of nitrogens with one attached hydrogen (secondary N) is 2. The Morgan fingerprint density at radius 3 is 2.73 bits per heavy atom. The van der Waals surface area contributed by atoms with E-state index in [2.05, 4.69) is 58.4 Å². The molecule has 0 spiro atoms. The molecule has 0 aliphatic rings. The molecule has 4 rings (SSSR count). The number of aromatic nitrogens is 2. The molecule has 2 aromatic carbocycles. The van der Waals surface area contributed by atoms with E-state index in [1.165, 1.54) is 22.3 Å². The van der Waals surface area contributed by atoms with Gasteiger partial charge in [0, 0.05) is 53.7 Å². The number of hydrogen-bond donors (Lipinski definition) is 2. The zero-order chi connectivity index (χ0) is 26.2. The van der Waals surface area contributed by atoms with Gasteiger partial charge in [-0.2, -0.15) is 0 Å². The van der Waals surface area contributed by atoms with Crippen LogP contribution >= 0.6 is 11.3 Å². The molecule has 0 radical (unpaired) electrons. The van der Waals surface area contributed by atoms with Crippen molar-refractivity contribution in [2.24, 2.45) is 5.92 Å². The number of carbonyl (C=O) groups is 1. The Morgan fingerprint density at radius 1 is 1.11 bits per heavy atom. The normalized spacial score (nSPS) is 11.4. The SMILES string of the molecule is COc1ccc(CN(CCc2c[nH]c3ccccc23)Cc2nc(C(=O)NCCC(C)C)cs2)c(OC)c1. The third-order valence-electron chi connectivity index (χ3n) is 6.41. The minimum absolute atomic E-state index is 0.106. The topological polar surface area (TPSA) is 79.5 Å². The molecule has 37 heavy (non-hydrogen) atoms. The molecule has 0 saturated carbocycles. The first-order chi connectivity index (χ1) is 18.0. The van der Waals surface area contributed by atoms with Gasteiger partial charge in [-0.25, -0.2) is 4.98 Å². The van der Waals surface area contributed by atoms with Crippen molar-refractivity contribution in [3.8, 4) is 11.5 Å². The van der Waals surface area contributed by atoms with Crippen LogP contribution in [0.15, 0.2) is 54.0 Å². The number of rotatable bonds is 13. The molecule has 2 aromatic heterocycles. The number of carbonyl (C=O) groups excluding carboxylic acids is 1. The molecule has 2 heterocycles. The Balaban J connectivity index is 1.50. The van der Waals surface area contributed by atoms with Gasteiger partial charge in [0.1, 0.15) is 22.2 Å². The number of ether oxygens (including phenoxy) is 2. The minimum atomic E-state index is -0.106. The zero-order valence-corrected chi connectivity index (χ0v) is 22.9. The summed E-state index contributed by atoms with van der Waals surface area (Å²) >= 11 is 1.53. The van der Waals surface area contributed by atoms with Crippen LogP contribution in [0.5, 0.6) is 11.5 Å². The third-order valence-corrected chi connectivity index (χ3v) is 7.24. The van der Waals surface area contributed by atoms with Crippen LogP contribution in [0.2, 0.25) is 0 Å². The van der Waals surface area contributed by atoms with Gasteiger partial charge in [0.15, 0.2) is 0 Å². The van der Waals surface area contributed by atoms with Crippen molar-refractivity contribution < 1.29 is 14.3 Å². The van der Waals surface area contributed by atoms with Crippen molar-refractivity contribution in [2.45, 2.75) is 39.8 Å². The van der Waals surface area contributed by atoms with Gasteiger partial charge in [-0.3, -0.25) is 9.69 Å².